The number of aromatic nitrogens is 1. The van der Waals surface area contributed by atoms with E-state index in [9.17, 15) is 23.1 Å². The minimum Gasteiger partial charge on any atom is -1.00 e. The number of aliphatic hydroxyl groups excluding tert-OH is 1. The van der Waals surface area contributed by atoms with Gasteiger partial charge in [0.15, 0.2) is 6.54 Å². The number of hydrogen-bond acceptors (Lipinski definition) is 3. The van der Waals surface area contributed by atoms with E-state index in [0.717, 1.165) is 29.0 Å². The minimum absolute atomic E-state index is 0. The molecule has 2 aromatic carbocycles. The molecule has 5 atom stereocenters. The van der Waals surface area contributed by atoms with Gasteiger partial charge in [0.1, 0.15) is 12.1 Å². The lowest BCUT2D eigenvalue weighted by atomic mass is 9.71. The Morgan fingerprint density at radius 1 is 1.26 bits per heavy atom. The largest absolute Gasteiger partial charge is 1.00 e. The number of benzene rings is 2. The number of pyridine rings is 1. The van der Waals surface area contributed by atoms with Crippen LogP contribution in [0.5, 0.6) is 0 Å². The summed E-state index contributed by atoms with van der Waals surface area (Å²) in [6.45, 7) is 5.17. The Kier molecular flexibility index (Phi) is 8.23. The number of halogens is 5. The molecule has 4 unspecified atom stereocenters. The van der Waals surface area contributed by atoms with E-state index in [2.05, 4.69) is 16.9 Å². The highest BCUT2D eigenvalue weighted by Gasteiger charge is 2.54. The Bertz CT molecular complexity index is 1350. The summed E-state index contributed by atoms with van der Waals surface area (Å²) in [6.07, 6.45) is -0.412. The average molecular weight is 611 g/mol. The highest BCUT2D eigenvalue weighted by Crippen LogP contribution is 2.47. The maximum absolute atomic E-state index is 13.6. The quantitative estimate of drug-likeness (QED) is 0.333. The van der Waals surface area contributed by atoms with Gasteiger partial charge in [0.25, 0.3) is 5.91 Å². The zero-order valence-corrected chi connectivity index (χ0v) is 22.8. The van der Waals surface area contributed by atoms with E-state index >= 15 is 0 Å². The van der Waals surface area contributed by atoms with Gasteiger partial charge in [-0.05, 0) is 41.8 Å². The molecule has 0 saturated carbocycles. The van der Waals surface area contributed by atoms with Crippen molar-refractivity contribution in [2.75, 3.05) is 25.0 Å². The molecule has 0 aliphatic carbocycles. The van der Waals surface area contributed by atoms with Gasteiger partial charge in [0.05, 0.1) is 29.9 Å². The minimum atomic E-state index is -4.67. The van der Waals surface area contributed by atoms with Crippen LogP contribution < -0.4 is 22.3 Å². The van der Waals surface area contributed by atoms with Gasteiger partial charge in [-0.3, -0.25) is 9.78 Å². The van der Waals surface area contributed by atoms with Gasteiger partial charge >= 0.3 is 6.18 Å². The van der Waals surface area contributed by atoms with E-state index in [1.165, 1.54) is 12.1 Å². The van der Waals surface area contributed by atoms with Crippen molar-refractivity contribution in [2.24, 2.45) is 11.8 Å². The summed E-state index contributed by atoms with van der Waals surface area (Å²) >= 11 is 5.79. The summed E-state index contributed by atoms with van der Waals surface area (Å²) in [5, 5.41) is 15.0. The van der Waals surface area contributed by atoms with Crippen LogP contribution >= 0.6 is 11.6 Å². The number of nitrogens with zero attached hydrogens (tertiary/aromatic N) is 2. The standard InChI is InChI=1S/C28H27ClF3N3O2.BrH/c1-2-17-15-35(16-26(36)34-24-8-7-19(29)14-22(24)28(30,31)32)12-10-18(17)13-25(35)27(37)21-9-11-33-23-6-4-3-5-20(21)23;/h2-9,11,14,17-18,25,27,37H,1,10,12-13,15-16H2;1H/t17?,18?,25?,27?,35-;/m0./s1. The third-order valence-corrected chi connectivity index (χ3v) is 8.30. The van der Waals surface area contributed by atoms with E-state index in [4.69, 9.17) is 11.6 Å². The number of anilines is 1. The van der Waals surface area contributed by atoms with Crippen LogP contribution in [0.25, 0.3) is 10.9 Å². The van der Waals surface area contributed by atoms with E-state index in [1.54, 1.807) is 12.3 Å². The molecule has 3 saturated heterocycles. The van der Waals surface area contributed by atoms with Crippen molar-refractivity contribution in [3.8, 4) is 0 Å². The molecule has 2 bridgehead atoms. The molecule has 1 amide bonds. The molecule has 202 valence electrons. The van der Waals surface area contributed by atoms with Gasteiger partial charge in [-0.2, -0.15) is 13.2 Å². The molecule has 2 N–H and O–H groups in total. The first-order valence-corrected chi connectivity index (χ1v) is 12.7. The number of piperidine rings is 3. The average Bonchev–Trinajstić information content (AvgIpc) is 2.88. The van der Waals surface area contributed by atoms with Gasteiger partial charge in [-0.1, -0.05) is 35.9 Å². The summed E-state index contributed by atoms with van der Waals surface area (Å²) in [7, 11) is 0. The third-order valence-electron chi connectivity index (χ3n) is 8.06. The summed E-state index contributed by atoms with van der Waals surface area (Å²) in [5.41, 5.74) is 0.193. The number of carbonyl (C=O) groups excluding carboxylic acids is 1. The molecular formula is C28H28BrClF3N3O2. The van der Waals surface area contributed by atoms with Gasteiger partial charge in [-0.15, -0.1) is 6.58 Å². The zero-order chi connectivity index (χ0) is 26.4. The van der Waals surface area contributed by atoms with Crippen molar-refractivity contribution < 1.29 is 44.5 Å². The molecule has 4 heterocycles. The van der Waals surface area contributed by atoms with E-state index in [0.29, 0.717) is 25.4 Å². The van der Waals surface area contributed by atoms with Crippen LogP contribution in [0.3, 0.4) is 0 Å². The summed E-state index contributed by atoms with van der Waals surface area (Å²) < 4.78 is 41.1. The molecule has 3 aromatic rings. The topological polar surface area (TPSA) is 62.2 Å². The van der Waals surface area contributed by atoms with Gasteiger partial charge in [0, 0.05) is 35.4 Å². The molecule has 0 radical (unpaired) electrons. The second-order valence-corrected chi connectivity index (χ2v) is 10.6. The van der Waals surface area contributed by atoms with E-state index < -0.39 is 23.8 Å². The van der Waals surface area contributed by atoms with Crippen molar-refractivity contribution in [1.82, 2.24) is 4.98 Å². The number of nitrogens with one attached hydrogen (secondary N) is 1. The summed E-state index contributed by atoms with van der Waals surface area (Å²) in [6, 6.07) is 12.4. The molecule has 3 aliphatic heterocycles. The molecule has 5 nitrogen and oxygen atoms in total. The van der Waals surface area contributed by atoms with Crippen LogP contribution in [0.15, 0.2) is 67.4 Å². The Balaban J connectivity index is 0.00000336. The first kappa shape index (κ1) is 28.5. The molecule has 1 aromatic heterocycles. The predicted octanol–water partition coefficient (Wildman–Crippen LogP) is 2.99. The molecule has 10 heteroatoms. The van der Waals surface area contributed by atoms with E-state index in [1.807, 2.05) is 30.3 Å². The number of carbonyl (C=O) groups is 1. The van der Waals surface area contributed by atoms with Gasteiger partial charge in [-0.25, -0.2) is 0 Å². The second kappa shape index (κ2) is 11.0. The van der Waals surface area contributed by atoms with Crippen molar-refractivity contribution >= 4 is 34.1 Å². The van der Waals surface area contributed by atoms with Crippen molar-refractivity contribution in [1.29, 1.82) is 0 Å². The number of quaternary nitrogens is 1. The lowest BCUT2D eigenvalue weighted by Gasteiger charge is -2.57. The van der Waals surface area contributed by atoms with Crippen LogP contribution in [0.1, 0.15) is 30.1 Å². The van der Waals surface area contributed by atoms with Crippen LogP contribution in [-0.2, 0) is 11.0 Å². The number of rotatable bonds is 6. The maximum Gasteiger partial charge on any atom is 0.418 e. The maximum atomic E-state index is 13.6. The van der Waals surface area contributed by atoms with Crippen LogP contribution in [0, 0.1) is 11.8 Å². The van der Waals surface area contributed by atoms with Crippen molar-refractivity contribution in [2.45, 2.75) is 31.2 Å². The Labute approximate surface area is 234 Å². The first-order valence-electron chi connectivity index (χ1n) is 12.3. The lowest BCUT2D eigenvalue weighted by Crippen LogP contribution is -3.00. The SMILES string of the molecule is C=CC1C[N@+]2(CC(=O)Nc3ccc(Cl)cc3C(F)(F)F)CCC1CC2C(O)c1ccnc2ccccc12.[Br-]. The number of amides is 1. The zero-order valence-electron chi connectivity index (χ0n) is 20.5. The fourth-order valence-electron chi connectivity index (χ4n) is 6.30. The van der Waals surface area contributed by atoms with Crippen LogP contribution in [0.4, 0.5) is 18.9 Å². The highest BCUT2D eigenvalue weighted by atomic mass is 79.9. The number of alkyl halides is 3. The first-order chi connectivity index (χ1) is 17.6. The molecule has 3 aliphatic rings. The predicted molar refractivity (Wildman–Crippen MR) is 137 cm³/mol. The third kappa shape index (κ3) is 5.34. The van der Waals surface area contributed by atoms with Crippen molar-refractivity contribution in [3.63, 3.8) is 0 Å². The number of para-hydroxylation sites is 1. The van der Waals surface area contributed by atoms with Crippen molar-refractivity contribution in [3.05, 3.63) is 83.5 Å². The van der Waals surface area contributed by atoms with E-state index in [-0.39, 0.29) is 50.7 Å². The van der Waals surface area contributed by atoms with Gasteiger partial charge in [0.2, 0.25) is 0 Å². The van der Waals surface area contributed by atoms with Crippen LogP contribution in [0.2, 0.25) is 5.02 Å². The Hall–Kier alpha value is -2.46. The molecule has 0 spiro atoms. The number of fused-ring (bicyclic) bond motifs is 4. The molecular weight excluding hydrogens is 583 g/mol. The molecule has 38 heavy (non-hydrogen) atoms. The Morgan fingerprint density at radius 3 is 2.76 bits per heavy atom. The summed E-state index contributed by atoms with van der Waals surface area (Å²) in [5.74, 6) is -0.0327. The normalized spacial score (nSPS) is 25.4. The number of hydrogen-bond donors (Lipinski definition) is 2. The molecule has 6 rings (SSSR count). The summed E-state index contributed by atoms with van der Waals surface area (Å²) in [4.78, 5) is 17.7. The number of aliphatic hydroxyl groups is 1. The lowest BCUT2D eigenvalue weighted by molar-refractivity contribution is -0.966. The second-order valence-electron chi connectivity index (χ2n) is 10.1. The fourth-order valence-corrected chi connectivity index (χ4v) is 6.47. The fraction of sp³-hybridized carbons (Fsp3) is 0.357. The van der Waals surface area contributed by atoms with Gasteiger partial charge < -0.3 is 31.9 Å². The van der Waals surface area contributed by atoms with Crippen LogP contribution in [-0.4, -0.2) is 46.2 Å². The highest BCUT2D eigenvalue weighted by molar-refractivity contribution is 6.30. The molecule has 3 fully saturated rings. The monoisotopic (exact) mass is 609 g/mol. The Morgan fingerprint density at radius 2 is 2.03 bits per heavy atom. The smallest absolute Gasteiger partial charge is 0.418 e.